The number of carbonyl (C=O) groups is 2. The van der Waals surface area contributed by atoms with Crippen LogP contribution in [0.25, 0.3) is 0 Å². The zero-order chi connectivity index (χ0) is 11.0. The molecule has 3 atom stereocenters. The van der Waals surface area contributed by atoms with Crippen LogP contribution in [0.3, 0.4) is 0 Å². The average molecular weight is 210 g/mol. The number of rotatable bonds is 1. The Morgan fingerprint density at radius 2 is 2.07 bits per heavy atom. The molecule has 2 N–H and O–H groups in total. The highest BCUT2D eigenvalue weighted by atomic mass is 16.2. The number of nitrogens with two attached hydrogens (primary N) is 1. The highest BCUT2D eigenvalue weighted by Crippen LogP contribution is 2.31. The summed E-state index contributed by atoms with van der Waals surface area (Å²) in [4.78, 5) is 25.2. The second-order valence-electron chi connectivity index (χ2n) is 4.64. The maximum atomic E-state index is 12.0. The molecular formula is C11H18N2O2. The van der Waals surface area contributed by atoms with Gasteiger partial charge < -0.3 is 10.6 Å². The third-order valence-electron chi connectivity index (χ3n) is 3.60. The van der Waals surface area contributed by atoms with Crippen molar-refractivity contribution in [1.82, 2.24) is 4.90 Å². The summed E-state index contributed by atoms with van der Waals surface area (Å²) in [6.07, 6.45) is 4.54. The molecule has 2 aliphatic rings. The van der Waals surface area contributed by atoms with Crippen LogP contribution in [0.1, 0.15) is 39.0 Å². The molecule has 15 heavy (non-hydrogen) atoms. The molecule has 0 aromatic heterocycles. The van der Waals surface area contributed by atoms with Gasteiger partial charge in [0, 0.05) is 6.04 Å². The Morgan fingerprint density at radius 1 is 1.33 bits per heavy atom. The Labute approximate surface area is 89.8 Å². The summed E-state index contributed by atoms with van der Waals surface area (Å²) in [5.41, 5.74) is 5.79. The SMILES string of the molecule is CC(=O)[C@@H]1CCC2CCC[C@H](N)C(=O)N21. The molecular weight excluding hydrogens is 192 g/mol. The standard InChI is InChI=1S/C11H18N2O2/c1-7(14)10-6-5-8-3-2-4-9(12)11(15)13(8)10/h8-10H,2-6,12H2,1H3/t8?,9-,10-/m0/s1. The number of hydrogen-bond donors (Lipinski definition) is 1. The highest BCUT2D eigenvalue weighted by molar-refractivity contribution is 5.90. The highest BCUT2D eigenvalue weighted by Gasteiger charge is 2.41. The van der Waals surface area contributed by atoms with Crippen LogP contribution in [-0.4, -0.2) is 34.7 Å². The quantitative estimate of drug-likeness (QED) is 0.683. The fraction of sp³-hybridized carbons (Fsp3) is 0.818. The summed E-state index contributed by atoms with van der Waals surface area (Å²) in [6, 6.07) is -0.332. The average Bonchev–Trinajstić information content (AvgIpc) is 2.55. The molecule has 1 unspecified atom stereocenters. The summed E-state index contributed by atoms with van der Waals surface area (Å²) < 4.78 is 0. The molecule has 2 saturated heterocycles. The zero-order valence-electron chi connectivity index (χ0n) is 9.11. The van der Waals surface area contributed by atoms with Gasteiger partial charge in [-0.25, -0.2) is 0 Å². The number of nitrogens with zero attached hydrogens (tertiary/aromatic N) is 1. The van der Waals surface area contributed by atoms with Crippen molar-refractivity contribution in [2.45, 2.75) is 57.2 Å². The fourth-order valence-corrected chi connectivity index (χ4v) is 2.79. The summed E-state index contributed by atoms with van der Waals surface area (Å²) >= 11 is 0. The molecule has 0 spiro atoms. The minimum atomic E-state index is -0.394. The molecule has 0 aliphatic carbocycles. The Balaban J connectivity index is 2.23. The van der Waals surface area contributed by atoms with E-state index in [9.17, 15) is 9.59 Å². The molecule has 2 fully saturated rings. The van der Waals surface area contributed by atoms with Crippen molar-refractivity contribution in [3.8, 4) is 0 Å². The molecule has 2 rings (SSSR count). The molecule has 0 aromatic rings. The number of Topliss-reactive ketones (excluding diaryl/α,β-unsaturated/α-hetero) is 1. The number of ketones is 1. The predicted molar refractivity (Wildman–Crippen MR) is 56.2 cm³/mol. The Hall–Kier alpha value is -0.900. The smallest absolute Gasteiger partial charge is 0.240 e. The Morgan fingerprint density at radius 3 is 2.73 bits per heavy atom. The van der Waals surface area contributed by atoms with E-state index in [1.54, 1.807) is 11.8 Å². The van der Waals surface area contributed by atoms with Gasteiger partial charge in [-0.3, -0.25) is 9.59 Å². The van der Waals surface area contributed by atoms with Crippen molar-refractivity contribution >= 4 is 11.7 Å². The number of hydrogen-bond acceptors (Lipinski definition) is 3. The second-order valence-corrected chi connectivity index (χ2v) is 4.64. The van der Waals surface area contributed by atoms with Crippen molar-refractivity contribution in [2.75, 3.05) is 0 Å². The van der Waals surface area contributed by atoms with E-state index >= 15 is 0 Å². The molecule has 1 amide bonds. The number of fused-ring (bicyclic) bond motifs is 1. The Bertz CT molecular complexity index is 290. The van der Waals surface area contributed by atoms with Crippen LogP contribution in [0.2, 0.25) is 0 Å². The van der Waals surface area contributed by atoms with Crippen LogP contribution in [0.5, 0.6) is 0 Å². The molecule has 0 bridgehead atoms. The summed E-state index contributed by atoms with van der Waals surface area (Å²) in [6.45, 7) is 1.57. The maximum absolute atomic E-state index is 12.0. The predicted octanol–water partition coefficient (Wildman–Crippen LogP) is 0.446. The molecule has 4 heteroatoms. The minimum Gasteiger partial charge on any atom is -0.328 e. The normalized spacial score (nSPS) is 36.3. The van der Waals surface area contributed by atoms with Gasteiger partial charge >= 0.3 is 0 Å². The van der Waals surface area contributed by atoms with E-state index in [0.29, 0.717) is 0 Å². The van der Waals surface area contributed by atoms with Crippen molar-refractivity contribution in [3.05, 3.63) is 0 Å². The van der Waals surface area contributed by atoms with Gasteiger partial charge in [0.15, 0.2) is 5.78 Å². The van der Waals surface area contributed by atoms with Crippen LogP contribution in [0.15, 0.2) is 0 Å². The van der Waals surface area contributed by atoms with Gasteiger partial charge in [-0.2, -0.15) is 0 Å². The number of carbonyl (C=O) groups excluding carboxylic acids is 2. The lowest BCUT2D eigenvalue weighted by Gasteiger charge is -2.28. The lowest BCUT2D eigenvalue weighted by Crippen LogP contribution is -2.49. The van der Waals surface area contributed by atoms with E-state index < -0.39 is 6.04 Å². The van der Waals surface area contributed by atoms with E-state index in [2.05, 4.69) is 0 Å². The molecule has 2 heterocycles. The topological polar surface area (TPSA) is 63.4 Å². The van der Waals surface area contributed by atoms with Crippen LogP contribution >= 0.6 is 0 Å². The van der Waals surface area contributed by atoms with E-state index in [-0.39, 0.29) is 23.8 Å². The third-order valence-corrected chi connectivity index (χ3v) is 3.60. The molecule has 0 radical (unpaired) electrons. The van der Waals surface area contributed by atoms with Gasteiger partial charge in [0.05, 0.1) is 12.1 Å². The first-order valence-corrected chi connectivity index (χ1v) is 5.69. The van der Waals surface area contributed by atoms with E-state index in [0.717, 1.165) is 32.1 Å². The van der Waals surface area contributed by atoms with Gasteiger partial charge in [0.2, 0.25) is 5.91 Å². The fourth-order valence-electron chi connectivity index (χ4n) is 2.79. The molecule has 0 saturated carbocycles. The maximum Gasteiger partial charge on any atom is 0.240 e. The second kappa shape index (κ2) is 3.93. The molecule has 2 aliphatic heterocycles. The molecule has 0 aromatic carbocycles. The van der Waals surface area contributed by atoms with Crippen LogP contribution in [0.4, 0.5) is 0 Å². The van der Waals surface area contributed by atoms with Crippen molar-refractivity contribution in [2.24, 2.45) is 5.73 Å². The van der Waals surface area contributed by atoms with Crippen LogP contribution in [0, 0.1) is 0 Å². The summed E-state index contributed by atoms with van der Waals surface area (Å²) in [5, 5.41) is 0. The van der Waals surface area contributed by atoms with Crippen LogP contribution < -0.4 is 5.73 Å². The van der Waals surface area contributed by atoms with Crippen molar-refractivity contribution in [1.29, 1.82) is 0 Å². The van der Waals surface area contributed by atoms with Gasteiger partial charge in [-0.15, -0.1) is 0 Å². The summed E-state index contributed by atoms with van der Waals surface area (Å²) in [7, 11) is 0. The van der Waals surface area contributed by atoms with Crippen LogP contribution in [-0.2, 0) is 9.59 Å². The molecule has 84 valence electrons. The monoisotopic (exact) mass is 210 g/mol. The van der Waals surface area contributed by atoms with Gasteiger partial charge in [0.1, 0.15) is 0 Å². The van der Waals surface area contributed by atoms with E-state index in [1.165, 1.54) is 0 Å². The third kappa shape index (κ3) is 1.78. The minimum absolute atomic E-state index is 0.0183. The summed E-state index contributed by atoms with van der Waals surface area (Å²) in [5.74, 6) is 0.0788. The Kier molecular flexibility index (Phi) is 2.78. The first kappa shape index (κ1) is 10.6. The largest absolute Gasteiger partial charge is 0.328 e. The van der Waals surface area contributed by atoms with Gasteiger partial charge in [-0.1, -0.05) is 0 Å². The van der Waals surface area contributed by atoms with E-state index in [1.807, 2.05) is 0 Å². The molecule has 4 nitrogen and oxygen atoms in total. The first-order chi connectivity index (χ1) is 7.11. The zero-order valence-corrected chi connectivity index (χ0v) is 9.11. The van der Waals surface area contributed by atoms with Crippen molar-refractivity contribution in [3.63, 3.8) is 0 Å². The number of amides is 1. The lowest BCUT2D eigenvalue weighted by atomic mass is 10.1. The van der Waals surface area contributed by atoms with E-state index in [4.69, 9.17) is 5.73 Å². The van der Waals surface area contributed by atoms with Crippen molar-refractivity contribution < 1.29 is 9.59 Å². The first-order valence-electron chi connectivity index (χ1n) is 5.69. The van der Waals surface area contributed by atoms with Gasteiger partial charge in [0.25, 0.3) is 0 Å². The lowest BCUT2D eigenvalue weighted by molar-refractivity contribution is -0.139. The van der Waals surface area contributed by atoms with Gasteiger partial charge in [-0.05, 0) is 39.0 Å².